The van der Waals surface area contributed by atoms with Crippen LogP contribution in [0.5, 0.6) is 0 Å². The van der Waals surface area contributed by atoms with E-state index in [-0.39, 0.29) is 16.7 Å². The fraction of sp³-hybridized carbons (Fsp3) is 0.429. The minimum atomic E-state index is -0.152. The summed E-state index contributed by atoms with van der Waals surface area (Å²) < 4.78 is 1.28. The molecule has 0 bridgehead atoms. The highest BCUT2D eigenvalue weighted by Crippen LogP contribution is 2.36. The van der Waals surface area contributed by atoms with E-state index >= 15 is 0 Å². The fourth-order valence-corrected chi connectivity index (χ4v) is 3.60. The number of aromatic nitrogens is 3. The Morgan fingerprint density at radius 2 is 2.33 bits per heavy atom. The maximum atomic E-state index is 12.7. The largest absolute Gasteiger partial charge is 0.341 e. The molecule has 0 fully saturated rings. The van der Waals surface area contributed by atoms with Gasteiger partial charge in [-0.25, -0.2) is 0 Å². The van der Waals surface area contributed by atoms with Gasteiger partial charge >= 0.3 is 0 Å². The van der Waals surface area contributed by atoms with E-state index < -0.39 is 0 Å². The predicted octanol–water partition coefficient (Wildman–Crippen LogP) is 2.22. The number of fused-ring (bicyclic) bond motifs is 1. The first-order valence-corrected chi connectivity index (χ1v) is 7.62. The quantitative estimate of drug-likeness (QED) is 0.921. The van der Waals surface area contributed by atoms with Gasteiger partial charge in [-0.3, -0.25) is 9.79 Å². The van der Waals surface area contributed by atoms with Crippen molar-refractivity contribution in [2.24, 2.45) is 4.99 Å². The van der Waals surface area contributed by atoms with Gasteiger partial charge < -0.3 is 4.98 Å². The number of hydrogen-bond donors (Lipinski definition) is 1. The first-order valence-electron chi connectivity index (χ1n) is 6.74. The maximum Gasteiger partial charge on any atom is 0.278 e. The molecule has 2 aromatic rings. The van der Waals surface area contributed by atoms with E-state index in [1.54, 1.807) is 11.8 Å². The third kappa shape index (κ3) is 2.16. The van der Waals surface area contributed by atoms with Gasteiger partial charge in [0.2, 0.25) is 0 Å². The van der Waals surface area contributed by atoms with Crippen molar-refractivity contribution in [2.45, 2.75) is 31.9 Å². The topological polar surface area (TPSA) is 86.3 Å². The van der Waals surface area contributed by atoms with Crippen molar-refractivity contribution in [3.05, 3.63) is 33.4 Å². The lowest BCUT2D eigenvalue weighted by atomic mass is 10.0. The summed E-state index contributed by atoms with van der Waals surface area (Å²) >= 11 is 1.65. The Hall–Kier alpha value is -2.07. The lowest BCUT2D eigenvalue weighted by Gasteiger charge is -2.16. The van der Waals surface area contributed by atoms with Gasteiger partial charge in [0.05, 0.1) is 23.0 Å². The van der Waals surface area contributed by atoms with E-state index in [9.17, 15) is 4.79 Å². The SMILES string of the molecule is CC1=NCC(c2[nH]c3c(C#N)cnn3c(=O)c2C(C)C)S1. The zero-order valence-electron chi connectivity index (χ0n) is 12.0. The summed E-state index contributed by atoms with van der Waals surface area (Å²) in [7, 11) is 0. The zero-order chi connectivity index (χ0) is 15.1. The standard InChI is InChI=1S/C14H15N5OS/c1-7(2)11-12(10-6-16-8(3)21-10)18-13-9(4-15)5-17-19(13)14(11)20/h5,7,10,18H,6H2,1-3H3. The number of nitrogens with one attached hydrogen (secondary N) is 1. The molecule has 0 spiro atoms. The molecule has 1 aliphatic heterocycles. The molecule has 0 saturated heterocycles. The molecule has 3 rings (SSSR count). The smallest absolute Gasteiger partial charge is 0.278 e. The molecule has 2 aromatic heterocycles. The minimum Gasteiger partial charge on any atom is -0.341 e. The molecule has 1 aliphatic rings. The minimum absolute atomic E-state index is 0.0735. The van der Waals surface area contributed by atoms with Crippen LogP contribution >= 0.6 is 11.8 Å². The van der Waals surface area contributed by atoms with Crippen LogP contribution in [-0.2, 0) is 0 Å². The van der Waals surface area contributed by atoms with Crippen LogP contribution in [0, 0.1) is 11.3 Å². The van der Waals surface area contributed by atoms with Crippen molar-refractivity contribution in [3.63, 3.8) is 0 Å². The first-order chi connectivity index (χ1) is 10.0. The zero-order valence-corrected chi connectivity index (χ0v) is 12.9. The molecule has 7 heteroatoms. The summed E-state index contributed by atoms with van der Waals surface area (Å²) in [6.07, 6.45) is 1.42. The molecular formula is C14H15N5OS. The van der Waals surface area contributed by atoms with Crippen LogP contribution in [0.3, 0.4) is 0 Å². The molecule has 0 amide bonds. The van der Waals surface area contributed by atoms with Crippen LogP contribution in [0.15, 0.2) is 16.0 Å². The van der Waals surface area contributed by atoms with E-state index in [1.807, 2.05) is 20.8 Å². The number of thioether (sulfide) groups is 1. The molecule has 21 heavy (non-hydrogen) atoms. The summed E-state index contributed by atoms with van der Waals surface area (Å²) in [6.45, 7) is 6.60. The molecule has 0 aliphatic carbocycles. The Morgan fingerprint density at radius 3 is 2.90 bits per heavy atom. The van der Waals surface area contributed by atoms with Crippen molar-refractivity contribution < 1.29 is 0 Å². The molecule has 0 radical (unpaired) electrons. The second-order valence-corrected chi connectivity index (χ2v) is 6.70. The van der Waals surface area contributed by atoms with E-state index in [4.69, 9.17) is 5.26 Å². The van der Waals surface area contributed by atoms with Crippen LogP contribution < -0.4 is 5.56 Å². The average Bonchev–Trinajstić information content (AvgIpc) is 3.03. The molecule has 6 nitrogen and oxygen atoms in total. The highest BCUT2D eigenvalue weighted by atomic mass is 32.2. The molecule has 0 saturated carbocycles. The number of aromatic amines is 1. The monoisotopic (exact) mass is 301 g/mol. The average molecular weight is 301 g/mol. The van der Waals surface area contributed by atoms with Crippen molar-refractivity contribution in [1.82, 2.24) is 14.6 Å². The van der Waals surface area contributed by atoms with Gasteiger partial charge in [-0.15, -0.1) is 0 Å². The second kappa shape index (κ2) is 5.04. The molecule has 1 unspecified atom stereocenters. The highest BCUT2D eigenvalue weighted by Gasteiger charge is 2.27. The molecule has 3 heterocycles. The first kappa shape index (κ1) is 13.9. The molecule has 1 atom stereocenters. The third-order valence-electron chi connectivity index (χ3n) is 3.55. The molecular weight excluding hydrogens is 286 g/mol. The Balaban J connectivity index is 2.28. The van der Waals surface area contributed by atoms with E-state index in [2.05, 4.69) is 21.1 Å². The van der Waals surface area contributed by atoms with Crippen molar-refractivity contribution in [1.29, 1.82) is 5.26 Å². The van der Waals surface area contributed by atoms with Crippen LogP contribution in [0.4, 0.5) is 0 Å². The van der Waals surface area contributed by atoms with Gasteiger partial charge in [0.25, 0.3) is 5.56 Å². The van der Waals surface area contributed by atoms with Gasteiger partial charge in [-0.2, -0.15) is 14.9 Å². The Kier molecular flexibility index (Phi) is 3.33. The van der Waals surface area contributed by atoms with Gasteiger partial charge in [-0.1, -0.05) is 25.6 Å². The summed E-state index contributed by atoms with van der Waals surface area (Å²) in [6, 6.07) is 2.06. The van der Waals surface area contributed by atoms with Crippen molar-refractivity contribution in [2.75, 3.05) is 6.54 Å². The number of aliphatic imine (C=N–C) groups is 1. The number of H-pyrrole nitrogens is 1. The fourth-order valence-electron chi connectivity index (χ4n) is 2.58. The van der Waals surface area contributed by atoms with E-state index in [0.29, 0.717) is 17.8 Å². The lowest BCUT2D eigenvalue weighted by molar-refractivity contribution is 0.754. The summed E-state index contributed by atoms with van der Waals surface area (Å²) in [4.78, 5) is 20.4. The normalized spacial score (nSPS) is 18.2. The summed E-state index contributed by atoms with van der Waals surface area (Å²) in [5, 5.41) is 14.3. The molecule has 0 aromatic carbocycles. The van der Waals surface area contributed by atoms with Gasteiger partial charge in [0.1, 0.15) is 11.6 Å². The number of nitriles is 1. The van der Waals surface area contributed by atoms with Crippen LogP contribution in [-0.4, -0.2) is 26.2 Å². The predicted molar refractivity (Wildman–Crippen MR) is 82.9 cm³/mol. The number of nitrogens with zero attached hydrogens (tertiary/aromatic N) is 4. The van der Waals surface area contributed by atoms with Crippen LogP contribution in [0.1, 0.15) is 48.8 Å². The van der Waals surface area contributed by atoms with Gasteiger partial charge in [-0.05, 0) is 12.8 Å². The third-order valence-corrected chi connectivity index (χ3v) is 4.69. The van der Waals surface area contributed by atoms with E-state index in [0.717, 1.165) is 16.3 Å². The molecule has 108 valence electrons. The van der Waals surface area contributed by atoms with Crippen LogP contribution in [0.2, 0.25) is 0 Å². The summed E-state index contributed by atoms with van der Waals surface area (Å²) in [5.74, 6) is 0.0735. The lowest BCUT2D eigenvalue weighted by Crippen LogP contribution is -2.25. The van der Waals surface area contributed by atoms with E-state index in [1.165, 1.54) is 10.7 Å². The maximum absolute atomic E-state index is 12.7. The Labute approximate surface area is 125 Å². The van der Waals surface area contributed by atoms with Crippen molar-refractivity contribution in [3.8, 4) is 6.07 Å². The Bertz CT molecular complexity index is 839. The Morgan fingerprint density at radius 1 is 1.57 bits per heavy atom. The van der Waals surface area contributed by atoms with Gasteiger partial charge in [0, 0.05) is 11.3 Å². The molecule has 1 N–H and O–H groups in total. The highest BCUT2D eigenvalue weighted by molar-refractivity contribution is 8.14. The number of rotatable bonds is 2. The number of hydrogen-bond acceptors (Lipinski definition) is 5. The van der Waals surface area contributed by atoms with Gasteiger partial charge in [0.15, 0.2) is 5.65 Å². The van der Waals surface area contributed by atoms with Crippen molar-refractivity contribution >= 4 is 22.5 Å². The van der Waals surface area contributed by atoms with Crippen LogP contribution in [0.25, 0.3) is 5.65 Å². The second-order valence-electron chi connectivity index (χ2n) is 5.31. The summed E-state index contributed by atoms with van der Waals surface area (Å²) in [5.41, 5.74) is 2.28.